The molecule has 1 aromatic carbocycles. The van der Waals surface area contributed by atoms with Crippen LogP contribution in [0, 0.1) is 20.8 Å². The van der Waals surface area contributed by atoms with E-state index in [9.17, 15) is 18.0 Å². The van der Waals surface area contributed by atoms with Crippen molar-refractivity contribution in [1.29, 1.82) is 0 Å². The first kappa shape index (κ1) is 28.1. The Balaban J connectivity index is 1.32. The van der Waals surface area contributed by atoms with E-state index >= 15 is 0 Å². The van der Waals surface area contributed by atoms with Crippen molar-refractivity contribution in [2.45, 2.75) is 37.9 Å². The number of sulfonamides is 1. The van der Waals surface area contributed by atoms with Crippen LogP contribution < -0.4 is 10.6 Å². The third-order valence-corrected chi connectivity index (χ3v) is 10.8. The van der Waals surface area contributed by atoms with Gasteiger partial charge in [0, 0.05) is 44.3 Å². The van der Waals surface area contributed by atoms with Crippen molar-refractivity contribution in [3.05, 3.63) is 46.2 Å². The predicted octanol–water partition coefficient (Wildman–Crippen LogP) is 3.41. The van der Waals surface area contributed by atoms with Gasteiger partial charge >= 0.3 is 6.09 Å². The van der Waals surface area contributed by atoms with Crippen LogP contribution in [0.4, 0.5) is 9.93 Å². The molecule has 0 spiro atoms. The summed E-state index contributed by atoms with van der Waals surface area (Å²) in [4.78, 5) is 35.5. The van der Waals surface area contributed by atoms with Gasteiger partial charge in [-0.15, -0.1) is 11.3 Å². The maximum atomic E-state index is 13.1. The van der Waals surface area contributed by atoms with Crippen molar-refractivity contribution >= 4 is 49.8 Å². The maximum Gasteiger partial charge on any atom is 0.410 e. The van der Waals surface area contributed by atoms with Crippen molar-refractivity contribution in [2.75, 3.05) is 38.0 Å². The molecular weight excluding hydrogens is 549 g/mol. The molecule has 1 saturated heterocycles. The molecule has 0 bridgehead atoms. The second-order valence-electron chi connectivity index (χ2n) is 9.13. The first-order chi connectivity index (χ1) is 17.9. The van der Waals surface area contributed by atoms with E-state index in [2.05, 4.69) is 25.5 Å². The second-order valence-corrected chi connectivity index (χ2v) is 13.5. The molecule has 0 aliphatic carbocycles. The van der Waals surface area contributed by atoms with Crippen LogP contribution in [0.15, 0.2) is 28.5 Å². The molecule has 0 radical (unpaired) electrons. The molecule has 1 atom stereocenters. The number of hydrogen-bond donors (Lipinski definition) is 3. The largest absolute Gasteiger partial charge is 0.465 e. The minimum absolute atomic E-state index is 0.0274. The molecule has 2 aromatic heterocycles. The minimum atomic E-state index is -3.79. The summed E-state index contributed by atoms with van der Waals surface area (Å²) >= 11 is 2.41. The summed E-state index contributed by atoms with van der Waals surface area (Å²) in [6.45, 7) is 9.59. The fourth-order valence-electron chi connectivity index (χ4n) is 4.38. The molecule has 4 rings (SSSR count). The molecular formula is C24H30N6O5S3. The molecule has 0 saturated carbocycles. The van der Waals surface area contributed by atoms with E-state index in [1.54, 1.807) is 24.3 Å². The number of nitrogens with one attached hydrogen (secondary N) is 2. The topological polar surface area (TPSA) is 145 Å². The molecule has 0 unspecified atom stereocenters. The first-order valence-electron chi connectivity index (χ1n) is 12.0. The number of hydrogen-bond acceptors (Lipinski definition) is 9. The van der Waals surface area contributed by atoms with Gasteiger partial charge in [0.1, 0.15) is 0 Å². The van der Waals surface area contributed by atoms with Gasteiger partial charge in [-0.25, -0.2) is 23.2 Å². The highest BCUT2D eigenvalue weighted by molar-refractivity contribution is 7.91. The number of aryl methyl sites for hydroxylation is 3. The standard InChI is InChI=1S/C24H30N6O5S3/c1-14(25-21(31)19-7-5-6-18(12-19)20-15(2)26-17(4)36-20)13-29-8-10-30(11-9-29)38(34,35)22-16(3)27-23(37-22)28-24(32)33/h5-7,12,14H,8-11,13H2,1-4H3,(H,25,31)(H,27,28)(H,32,33)/t14-/m0/s1. The van der Waals surface area contributed by atoms with Crippen LogP contribution >= 0.6 is 22.7 Å². The van der Waals surface area contributed by atoms with E-state index < -0.39 is 16.1 Å². The van der Waals surface area contributed by atoms with Crippen molar-refractivity contribution in [3.63, 3.8) is 0 Å². The molecule has 1 aliphatic rings. The SMILES string of the molecule is Cc1nc(C)c(-c2cccc(C(=O)N[C@@H](C)CN3CCN(S(=O)(=O)c4sc(NC(=O)O)nc4C)CC3)c2)s1. The van der Waals surface area contributed by atoms with Crippen molar-refractivity contribution in [2.24, 2.45) is 0 Å². The van der Waals surface area contributed by atoms with E-state index in [-0.39, 0.29) is 40.1 Å². The normalized spacial score (nSPS) is 15.8. The number of aromatic nitrogens is 2. The minimum Gasteiger partial charge on any atom is -0.465 e. The molecule has 3 heterocycles. The molecule has 3 aromatic rings. The highest BCUT2D eigenvalue weighted by Gasteiger charge is 2.32. The maximum absolute atomic E-state index is 13.1. The van der Waals surface area contributed by atoms with E-state index in [1.807, 2.05) is 39.0 Å². The fourth-order valence-corrected chi connectivity index (χ4v) is 8.26. The lowest BCUT2D eigenvalue weighted by molar-refractivity contribution is 0.0922. The van der Waals surface area contributed by atoms with E-state index in [0.29, 0.717) is 25.2 Å². The van der Waals surface area contributed by atoms with Crippen molar-refractivity contribution in [3.8, 4) is 10.4 Å². The Morgan fingerprint density at radius 3 is 2.42 bits per heavy atom. The van der Waals surface area contributed by atoms with Gasteiger partial charge in [-0.05, 0) is 45.4 Å². The number of piperazine rings is 1. The average Bonchev–Trinajstić information content (AvgIpc) is 3.39. The summed E-state index contributed by atoms with van der Waals surface area (Å²) in [6.07, 6.45) is -1.30. The third-order valence-electron chi connectivity index (χ3n) is 6.07. The quantitative estimate of drug-likeness (QED) is 0.369. The number of amides is 2. The van der Waals surface area contributed by atoms with Crippen LogP contribution in [-0.4, -0.2) is 83.5 Å². The van der Waals surface area contributed by atoms with Crippen LogP contribution in [0.25, 0.3) is 10.4 Å². The van der Waals surface area contributed by atoms with Crippen molar-refractivity contribution < 1.29 is 23.1 Å². The Bertz CT molecular complexity index is 1440. The Labute approximate surface area is 229 Å². The average molecular weight is 579 g/mol. The third kappa shape index (κ3) is 6.38. The Morgan fingerprint density at radius 2 is 1.79 bits per heavy atom. The van der Waals surface area contributed by atoms with Gasteiger partial charge in [0.05, 0.1) is 21.3 Å². The zero-order valence-corrected chi connectivity index (χ0v) is 24.0. The highest BCUT2D eigenvalue weighted by Crippen LogP contribution is 2.31. The molecule has 3 N–H and O–H groups in total. The zero-order valence-electron chi connectivity index (χ0n) is 21.5. The Hall–Kier alpha value is -2.91. The second kappa shape index (κ2) is 11.5. The smallest absolute Gasteiger partial charge is 0.410 e. The number of benzene rings is 1. The summed E-state index contributed by atoms with van der Waals surface area (Å²) in [5, 5.41) is 15.0. The number of thiazole rings is 2. The Morgan fingerprint density at radius 1 is 1.08 bits per heavy atom. The number of carbonyl (C=O) groups is 2. The summed E-state index contributed by atoms with van der Waals surface area (Å²) in [5.41, 5.74) is 2.75. The van der Waals surface area contributed by atoms with Gasteiger partial charge in [0.2, 0.25) is 0 Å². The Kier molecular flexibility index (Phi) is 8.47. The van der Waals surface area contributed by atoms with E-state index in [4.69, 9.17) is 5.11 Å². The molecule has 2 amide bonds. The van der Waals surface area contributed by atoms with Gasteiger partial charge in [-0.2, -0.15) is 4.31 Å². The van der Waals surface area contributed by atoms with Crippen LogP contribution in [0.1, 0.15) is 33.7 Å². The molecule has 204 valence electrons. The van der Waals surface area contributed by atoms with E-state index in [1.165, 1.54) is 4.31 Å². The van der Waals surface area contributed by atoms with E-state index in [0.717, 1.165) is 32.5 Å². The molecule has 11 nitrogen and oxygen atoms in total. The van der Waals surface area contributed by atoms with Gasteiger partial charge < -0.3 is 10.4 Å². The summed E-state index contributed by atoms with van der Waals surface area (Å²) in [5.74, 6) is -0.161. The van der Waals surface area contributed by atoms with Gasteiger partial charge in [-0.1, -0.05) is 23.5 Å². The lowest BCUT2D eigenvalue weighted by Crippen LogP contribution is -2.52. The number of nitrogens with zero attached hydrogens (tertiary/aromatic N) is 4. The number of rotatable bonds is 8. The number of carboxylic acid groups (broad SMARTS) is 1. The van der Waals surface area contributed by atoms with Gasteiger partial charge in [0.25, 0.3) is 15.9 Å². The lowest BCUT2D eigenvalue weighted by atomic mass is 10.1. The highest BCUT2D eigenvalue weighted by atomic mass is 32.2. The molecule has 1 aliphatic heterocycles. The van der Waals surface area contributed by atoms with Crippen LogP contribution in [0.2, 0.25) is 0 Å². The van der Waals surface area contributed by atoms with Crippen LogP contribution in [0.5, 0.6) is 0 Å². The van der Waals surface area contributed by atoms with Crippen LogP contribution in [0.3, 0.4) is 0 Å². The van der Waals surface area contributed by atoms with Gasteiger partial charge in [0.15, 0.2) is 9.34 Å². The number of anilines is 1. The van der Waals surface area contributed by atoms with Gasteiger partial charge in [-0.3, -0.25) is 15.0 Å². The zero-order chi connectivity index (χ0) is 27.6. The van der Waals surface area contributed by atoms with Crippen LogP contribution in [-0.2, 0) is 10.0 Å². The lowest BCUT2D eigenvalue weighted by Gasteiger charge is -2.35. The number of carbonyl (C=O) groups excluding carboxylic acids is 1. The summed E-state index contributed by atoms with van der Waals surface area (Å²) in [7, 11) is -3.79. The monoisotopic (exact) mass is 578 g/mol. The molecule has 14 heteroatoms. The molecule has 1 fully saturated rings. The molecule has 38 heavy (non-hydrogen) atoms. The summed E-state index contributed by atoms with van der Waals surface area (Å²) < 4.78 is 27.7. The first-order valence-corrected chi connectivity index (χ1v) is 15.1. The summed E-state index contributed by atoms with van der Waals surface area (Å²) in [6, 6.07) is 7.37. The predicted molar refractivity (Wildman–Crippen MR) is 148 cm³/mol. The van der Waals surface area contributed by atoms with Crippen molar-refractivity contribution in [1.82, 2.24) is 24.5 Å². The fraction of sp³-hybridized carbons (Fsp3) is 0.417.